The number of amides is 4. The van der Waals surface area contributed by atoms with E-state index in [1.165, 1.54) is 0 Å². The van der Waals surface area contributed by atoms with Crippen LogP contribution in [0.1, 0.15) is 29.7 Å². The van der Waals surface area contributed by atoms with Crippen LogP contribution in [0.3, 0.4) is 0 Å². The smallest absolute Gasteiger partial charge is 0.321 e. The lowest BCUT2D eigenvalue weighted by Gasteiger charge is -2.24. The van der Waals surface area contributed by atoms with Gasteiger partial charge in [-0.05, 0) is 38.0 Å². The number of carbonyl (C=O) groups excluding carboxylic acids is 3. The molecule has 0 radical (unpaired) electrons. The first kappa shape index (κ1) is 22.1. The molecular weight excluding hydrogens is 368 g/mol. The fourth-order valence-corrected chi connectivity index (χ4v) is 3.11. The third kappa shape index (κ3) is 6.43. The first-order valence-corrected chi connectivity index (χ1v) is 9.64. The van der Waals surface area contributed by atoms with Crippen molar-refractivity contribution in [2.24, 2.45) is 0 Å². The first-order chi connectivity index (χ1) is 13.8. The van der Waals surface area contributed by atoms with Gasteiger partial charge in [-0.15, -0.1) is 0 Å². The molecule has 2 atom stereocenters. The lowest BCUT2D eigenvalue weighted by atomic mass is 10.0. The number of carbonyl (C=O) groups is 3. The van der Waals surface area contributed by atoms with E-state index in [9.17, 15) is 14.4 Å². The predicted molar refractivity (Wildman–Crippen MR) is 113 cm³/mol. The number of nitrogens with one attached hydrogen (secondary N) is 4. The average Bonchev–Trinajstić information content (AvgIpc) is 2.65. The van der Waals surface area contributed by atoms with Crippen molar-refractivity contribution in [3.8, 4) is 0 Å². The number of benzene rings is 2. The average molecular weight is 397 g/mol. The maximum Gasteiger partial charge on any atom is 0.321 e. The van der Waals surface area contributed by atoms with E-state index in [2.05, 4.69) is 16.0 Å². The highest BCUT2D eigenvalue weighted by Gasteiger charge is 2.31. The van der Waals surface area contributed by atoms with Gasteiger partial charge in [-0.2, -0.15) is 0 Å². The summed E-state index contributed by atoms with van der Waals surface area (Å²) >= 11 is 0. The monoisotopic (exact) mass is 397 g/mol. The lowest BCUT2D eigenvalue weighted by molar-refractivity contribution is -0.894. The van der Waals surface area contributed by atoms with Gasteiger partial charge in [0.15, 0.2) is 12.6 Å². The van der Waals surface area contributed by atoms with Gasteiger partial charge in [-0.25, -0.2) is 4.79 Å². The number of hydrogen-bond acceptors (Lipinski definition) is 3. The molecule has 0 aliphatic rings. The first-order valence-electron chi connectivity index (χ1n) is 9.64. The molecule has 4 N–H and O–H groups in total. The third-order valence-electron chi connectivity index (χ3n) is 4.57. The highest BCUT2D eigenvalue weighted by molar-refractivity contribution is 5.97. The quantitative estimate of drug-likeness (QED) is 0.568. The summed E-state index contributed by atoms with van der Waals surface area (Å²) in [4.78, 5) is 37.9. The summed E-state index contributed by atoms with van der Waals surface area (Å²) in [6.45, 7) is 6.14. The Morgan fingerprint density at radius 3 is 2.38 bits per heavy atom. The summed E-state index contributed by atoms with van der Waals surface area (Å²) in [6.07, 6.45) is 0. The van der Waals surface area contributed by atoms with Gasteiger partial charge in [-0.1, -0.05) is 42.5 Å². The van der Waals surface area contributed by atoms with Crippen LogP contribution in [0.4, 0.5) is 10.5 Å². The van der Waals surface area contributed by atoms with Crippen LogP contribution >= 0.6 is 0 Å². The molecule has 0 bridgehead atoms. The van der Waals surface area contributed by atoms with Gasteiger partial charge in [-0.3, -0.25) is 14.9 Å². The summed E-state index contributed by atoms with van der Waals surface area (Å²) in [5.41, 5.74) is 3.50. The number of quaternary nitrogens is 1. The molecule has 0 saturated heterocycles. The van der Waals surface area contributed by atoms with Crippen LogP contribution in [0.25, 0.3) is 0 Å². The van der Waals surface area contributed by atoms with Gasteiger partial charge in [0.25, 0.3) is 11.8 Å². The fraction of sp³-hybridized carbons (Fsp3) is 0.318. The molecule has 2 rings (SSSR count). The van der Waals surface area contributed by atoms with Crippen molar-refractivity contribution >= 4 is 23.5 Å². The van der Waals surface area contributed by atoms with Crippen molar-refractivity contribution in [2.75, 3.05) is 25.5 Å². The molecule has 2 aromatic rings. The Labute approximate surface area is 171 Å². The van der Waals surface area contributed by atoms with E-state index in [1.807, 2.05) is 62.4 Å². The Hall–Kier alpha value is -3.19. The highest BCUT2D eigenvalue weighted by Crippen LogP contribution is 2.16. The zero-order valence-corrected chi connectivity index (χ0v) is 17.3. The molecule has 0 fully saturated rings. The number of imide groups is 1. The highest BCUT2D eigenvalue weighted by atomic mass is 16.2. The van der Waals surface area contributed by atoms with E-state index in [4.69, 9.17) is 0 Å². The van der Waals surface area contributed by atoms with Crippen LogP contribution in [-0.2, 0) is 9.59 Å². The Morgan fingerprint density at radius 2 is 1.72 bits per heavy atom. The minimum absolute atomic E-state index is 0.0652. The van der Waals surface area contributed by atoms with E-state index in [0.29, 0.717) is 11.4 Å². The Balaban J connectivity index is 2.15. The van der Waals surface area contributed by atoms with E-state index < -0.39 is 18.0 Å². The number of rotatable bonds is 7. The van der Waals surface area contributed by atoms with E-state index in [-0.39, 0.29) is 12.5 Å². The van der Waals surface area contributed by atoms with Crippen molar-refractivity contribution in [1.29, 1.82) is 0 Å². The van der Waals surface area contributed by atoms with Crippen LogP contribution < -0.4 is 20.9 Å². The van der Waals surface area contributed by atoms with Crippen molar-refractivity contribution in [3.05, 3.63) is 65.2 Å². The molecule has 0 aromatic heterocycles. The molecule has 7 heteroatoms. The summed E-state index contributed by atoms with van der Waals surface area (Å²) in [7, 11) is 1.76. The van der Waals surface area contributed by atoms with Gasteiger partial charge in [0.1, 0.15) is 0 Å². The molecular formula is C22H29N4O3+. The normalized spacial score (nSPS) is 12.6. The van der Waals surface area contributed by atoms with Crippen LogP contribution in [-0.4, -0.2) is 38.0 Å². The number of hydrogen-bond donors (Lipinski definition) is 4. The SMILES string of the molecule is CCNC(=O)NC(=O)[C@@H](c1ccccc1)[NH+](C)CC(=O)Nc1cc(C)ccc1C. The largest absolute Gasteiger partial charge is 0.338 e. The molecule has 29 heavy (non-hydrogen) atoms. The Kier molecular flexibility index (Phi) is 7.91. The van der Waals surface area contributed by atoms with Crippen molar-refractivity contribution < 1.29 is 19.3 Å². The zero-order chi connectivity index (χ0) is 21.4. The van der Waals surface area contributed by atoms with Gasteiger partial charge in [0.2, 0.25) is 0 Å². The Bertz CT molecular complexity index is 868. The van der Waals surface area contributed by atoms with Crippen LogP contribution in [0, 0.1) is 13.8 Å². The van der Waals surface area contributed by atoms with Crippen LogP contribution in [0.5, 0.6) is 0 Å². The summed E-state index contributed by atoms with van der Waals surface area (Å²) < 4.78 is 0. The lowest BCUT2D eigenvalue weighted by Crippen LogP contribution is -3.11. The molecule has 7 nitrogen and oxygen atoms in total. The van der Waals surface area contributed by atoms with Crippen LogP contribution in [0.15, 0.2) is 48.5 Å². The molecule has 0 spiro atoms. The van der Waals surface area contributed by atoms with Crippen molar-refractivity contribution in [1.82, 2.24) is 10.6 Å². The topological polar surface area (TPSA) is 91.7 Å². The maximum atomic E-state index is 12.8. The second kappa shape index (κ2) is 10.4. The van der Waals surface area contributed by atoms with E-state index >= 15 is 0 Å². The Morgan fingerprint density at radius 1 is 1.03 bits per heavy atom. The summed E-state index contributed by atoms with van der Waals surface area (Å²) in [5, 5.41) is 7.82. The molecule has 2 aromatic carbocycles. The number of urea groups is 1. The molecule has 1 unspecified atom stereocenters. The van der Waals surface area contributed by atoms with Crippen LogP contribution in [0.2, 0.25) is 0 Å². The summed E-state index contributed by atoms with van der Waals surface area (Å²) in [5.74, 6) is -0.665. The van der Waals surface area contributed by atoms with Crippen molar-refractivity contribution in [3.63, 3.8) is 0 Å². The zero-order valence-electron chi connectivity index (χ0n) is 17.3. The van der Waals surface area contributed by atoms with E-state index in [0.717, 1.165) is 22.4 Å². The number of likely N-dealkylation sites (N-methyl/N-ethyl adjacent to an activating group) is 1. The standard InChI is InChI=1S/C22H28N4O3/c1-5-23-22(29)25-21(28)20(17-9-7-6-8-10-17)26(4)14-19(27)24-18-13-15(2)11-12-16(18)3/h6-13,20H,5,14H2,1-4H3,(H,24,27)(H2,23,25,28,29)/p+1/t20-/m1/s1. The second-order valence-electron chi connectivity index (χ2n) is 7.08. The molecule has 0 aliphatic carbocycles. The minimum Gasteiger partial charge on any atom is -0.338 e. The molecule has 0 heterocycles. The van der Waals surface area contributed by atoms with Crippen molar-refractivity contribution in [2.45, 2.75) is 26.8 Å². The molecule has 0 aliphatic heterocycles. The molecule has 4 amide bonds. The minimum atomic E-state index is -0.705. The third-order valence-corrected chi connectivity index (χ3v) is 4.57. The van der Waals surface area contributed by atoms with Gasteiger partial charge < -0.3 is 15.5 Å². The predicted octanol–water partition coefficient (Wildman–Crippen LogP) is 1.34. The maximum absolute atomic E-state index is 12.8. The summed E-state index contributed by atoms with van der Waals surface area (Å²) in [6, 6.07) is 13.7. The fourth-order valence-electron chi connectivity index (χ4n) is 3.11. The second-order valence-corrected chi connectivity index (χ2v) is 7.08. The van der Waals surface area contributed by atoms with Gasteiger partial charge in [0.05, 0.1) is 7.05 Å². The van der Waals surface area contributed by atoms with E-state index in [1.54, 1.807) is 14.0 Å². The molecule has 0 saturated carbocycles. The van der Waals surface area contributed by atoms with Gasteiger partial charge in [0, 0.05) is 17.8 Å². The number of aryl methyl sites for hydroxylation is 2. The molecule has 154 valence electrons. The number of anilines is 1. The van der Waals surface area contributed by atoms with Gasteiger partial charge >= 0.3 is 6.03 Å².